The Morgan fingerprint density at radius 1 is 0.781 bits per heavy atom. The molecule has 0 aliphatic heterocycles. The van der Waals surface area contributed by atoms with E-state index in [0.717, 1.165) is 24.2 Å². The fraction of sp³-hybridized carbons (Fsp3) is 0.533. The van der Waals surface area contributed by atoms with Gasteiger partial charge in [-0.3, -0.25) is 0 Å². The molecule has 1 saturated carbocycles. The lowest BCUT2D eigenvalue weighted by atomic mass is 9.70. The first-order chi connectivity index (χ1) is 15.5. The summed E-state index contributed by atoms with van der Waals surface area (Å²) in [5.41, 5.74) is 3.38. The van der Waals surface area contributed by atoms with Gasteiger partial charge in [0, 0.05) is 5.92 Å². The summed E-state index contributed by atoms with van der Waals surface area (Å²) < 4.78 is 27.9. The predicted octanol–water partition coefficient (Wildman–Crippen LogP) is 8.71. The molecular weight excluding hydrogens is 398 g/mol. The molecule has 2 aromatic rings. The molecule has 0 amide bonds. The summed E-state index contributed by atoms with van der Waals surface area (Å²) in [4.78, 5) is 0. The van der Waals surface area contributed by atoms with Gasteiger partial charge in [-0.2, -0.15) is 0 Å². The molecule has 1 fully saturated rings. The van der Waals surface area contributed by atoms with Crippen LogP contribution >= 0.6 is 0 Å². The predicted molar refractivity (Wildman–Crippen MR) is 130 cm³/mol. The lowest BCUT2D eigenvalue weighted by Crippen LogP contribution is -2.22. The summed E-state index contributed by atoms with van der Waals surface area (Å²) in [6.07, 6.45) is 17.2. The van der Waals surface area contributed by atoms with E-state index >= 15 is 0 Å². The van der Waals surface area contributed by atoms with Crippen molar-refractivity contribution in [3.8, 4) is 0 Å². The first-order valence-corrected chi connectivity index (χ1v) is 12.8. The highest BCUT2D eigenvalue weighted by Gasteiger charge is 2.28. The Labute approximate surface area is 193 Å². The molecule has 0 radical (unpaired) electrons. The molecule has 2 atom stereocenters. The van der Waals surface area contributed by atoms with Crippen molar-refractivity contribution in [2.24, 2.45) is 17.8 Å². The van der Waals surface area contributed by atoms with Gasteiger partial charge in [0.2, 0.25) is 0 Å². The van der Waals surface area contributed by atoms with Gasteiger partial charge in [-0.1, -0.05) is 81.2 Å². The quantitative estimate of drug-likeness (QED) is 0.381. The zero-order valence-electron chi connectivity index (χ0n) is 19.8. The molecule has 32 heavy (non-hydrogen) atoms. The Morgan fingerprint density at radius 3 is 2.19 bits per heavy atom. The van der Waals surface area contributed by atoms with Gasteiger partial charge in [0.15, 0.2) is 11.6 Å². The topological polar surface area (TPSA) is 0 Å². The summed E-state index contributed by atoms with van der Waals surface area (Å²) in [5, 5.41) is 0. The van der Waals surface area contributed by atoms with Crippen molar-refractivity contribution in [3.63, 3.8) is 0 Å². The van der Waals surface area contributed by atoms with Crippen LogP contribution in [0.1, 0.15) is 86.5 Å². The fourth-order valence-electron chi connectivity index (χ4n) is 5.91. The van der Waals surface area contributed by atoms with Gasteiger partial charge in [-0.25, -0.2) is 8.78 Å². The number of hydrogen-bond donors (Lipinski definition) is 0. The molecule has 2 aliphatic carbocycles. The molecule has 0 saturated heterocycles. The molecule has 0 aromatic heterocycles. The monoisotopic (exact) mass is 436 g/mol. The molecule has 0 spiro atoms. The van der Waals surface area contributed by atoms with Crippen LogP contribution in [0.4, 0.5) is 8.78 Å². The minimum atomic E-state index is -0.714. The Morgan fingerprint density at radius 2 is 1.53 bits per heavy atom. The van der Waals surface area contributed by atoms with E-state index in [9.17, 15) is 8.78 Å². The Hall–Kier alpha value is -1.96. The standard InChI is InChI=1S/C30H38F2/c1-3-4-22-6-12-24(13-7-22)26-17-19-27(20-18-26)25-14-8-23(9-15-25)10-16-28-11-5-21(2)29(31)30(28)32/h5,8-9,11,14-15,17,19,22,24,26-27H,3-4,6-7,10,12-13,16,18,20H2,1-2H3. The number of hydrogen-bond acceptors (Lipinski definition) is 0. The van der Waals surface area contributed by atoms with Gasteiger partial charge >= 0.3 is 0 Å². The van der Waals surface area contributed by atoms with Crippen LogP contribution in [0, 0.1) is 36.3 Å². The lowest BCUT2D eigenvalue weighted by Gasteiger charge is -2.35. The van der Waals surface area contributed by atoms with Gasteiger partial charge in [-0.15, -0.1) is 0 Å². The van der Waals surface area contributed by atoms with E-state index in [0.29, 0.717) is 23.5 Å². The Balaban J connectivity index is 1.29. The van der Waals surface area contributed by atoms with E-state index in [2.05, 4.69) is 43.3 Å². The molecule has 172 valence electrons. The molecule has 0 N–H and O–H groups in total. The SMILES string of the molecule is CCCC1CCC(C2C=CC(c3ccc(CCc4ccc(C)c(F)c4F)cc3)CC2)CC1. The highest BCUT2D eigenvalue weighted by Crippen LogP contribution is 2.41. The van der Waals surface area contributed by atoms with Crippen LogP contribution in [-0.4, -0.2) is 0 Å². The third kappa shape index (κ3) is 5.50. The van der Waals surface area contributed by atoms with Gasteiger partial charge < -0.3 is 0 Å². The molecule has 0 nitrogen and oxygen atoms in total. The molecule has 0 heterocycles. The van der Waals surface area contributed by atoms with Crippen molar-refractivity contribution in [2.45, 2.75) is 84.0 Å². The molecule has 0 bridgehead atoms. The largest absolute Gasteiger partial charge is 0.203 e. The van der Waals surface area contributed by atoms with Crippen LogP contribution in [0.3, 0.4) is 0 Å². The van der Waals surface area contributed by atoms with Crippen LogP contribution in [0.5, 0.6) is 0 Å². The maximum Gasteiger partial charge on any atom is 0.162 e. The van der Waals surface area contributed by atoms with E-state index in [1.165, 1.54) is 62.5 Å². The summed E-state index contributed by atoms with van der Waals surface area (Å²) in [6, 6.07) is 12.1. The first-order valence-electron chi connectivity index (χ1n) is 12.8. The number of halogens is 2. The van der Waals surface area contributed by atoms with Gasteiger partial charge in [0.25, 0.3) is 0 Å². The zero-order valence-corrected chi connectivity index (χ0v) is 19.8. The third-order valence-electron chi connectivity index (χ3n) is 8.04. The van der Waals surface area contributed by atoms with Gasteiger partial charge in [-0.05, 0) is 85.5 Å². The average molecular weight is 437 g/mol. The average Bonchev–Trinajstić information content (AvgIpc) is 2.83. The van der Waals surface area contributed by atoms with Crippen LogP contribution in [0.25, 0.3) is 0 Å². The number of allylic oxidation sites excluding steroid dienone is 2. The van der Waals surface area contributed by atoms with E-state index in [1.807, 2.05) is 0 Å². The Kier molecular flexibility index (Phi) is 7.81. The van der Waals surface area contributed by atoms with E-state index < -0.39 is 11.6 Å². The maximum absolute atomic E-state index is 14.1. The second-order valence-corrected chi connectivity index (χ2v) is 10.2. The smallest absolute Gasteiger partial charge is 0.162 e. The summed E-state index contributed by atoms with van der Waals surface area (Å²) in [5.74, 6) is 1.76. The first kappa shape index (κ1) is 23.2. The van der Waals surface area contributed by atoms with Crippen molar-refractivity contribution in [1.29, 1.82) is 0 Å². The van der Waals surface area contributed by atoms with Crippen LogP contribution < -0.4 is 0 Å². The van der Waals surface area contributed by atoms with Crippen LogP contribution in [-0.2, 0) is 12.8 Å². The van der Waals surface area contributed by atoms with Crippen LogP contribution in [0.15, 0.2) is 48.6 Å². The summed E-state index contributed by atoms with van der Waals surface area (Å²) in [7, 11) is 0. The van der Waals surface area contributed by atoms with Crippen molar-refractivity contribution >= 4 is 0 Å². The maximum atomic E-state index is 14.1. The second-order valence-electron chi connectivity index (χ2n) is 10.2. The molecule has 4 rings (SSSR count). The lowest BCUT2D eigenvalue weighted by molar-refractivity contribution is 0.209. The van der Waals surface area contributed by atoms with Crippen molar-refractivity contribution in [1.82, 2.24) is 0 Å². The number of rotatable bonds is 7. The molecule has 2 aromatic carbocycles. The second kappa shape index (κ2) is 10.8. The van der Waals surface area contributed by atoms with Crippen molar-refractivity contribution in [2.75, 3.05) is 0 Å². The van der Waals surface area contributed by atoms with E-state index in [1.54, 1.807) is 19.1 Å². The molecular formula is C30H38F2. The molecule has 2 aliphatic rings. The molecule has 2 heteroatoms. The number of benzene rings is 2. The summed E-state index contributed by atoms with van der Waals surface area (Å²) >= 11 is 0. The normalized spacial score (nSPS) is 25.8. The summed E-state index contributed by atoms with van der Waals surface area (Å²) in [6.45, 7) is 3.91. The minimum Gasteiger partial charge on any atom is -0.203 e. The highest BCUT2D eigenvalue weighted by atomic mass is 19.2. The van der Waals surface area contributed by atoms with Crippen molar-refractivity contribution < 1.29 is 8.78 Å². The Bertz CT molecular complexity index is 903. The van der Waals surface area contributed by atoms with Gasteiger partial charge in [0.1, 0.15) is 0 Å². The zero-order chi connectivity index (χ0) is 22.5. The van der Waals surface area contributed by atoms with Gasteiger partial charge in [0.05, 0.1) is 0 Å². The third-order valence-corrected chi connectivity index (χ3v) is 8.04. The number of aryl methyl sites for hydroxylation is 3. The minimum absolute atomic E-state index is 0.363. The van der Waals surface area contributed by atoms with Crippen molar-refractivity contribution in [3.05, 3.63) is 82.4 Å². The fourth-order valence-corrected chi connectivity index (χ4v) is 5.91. The van der Waals surface area contributed by atoms with E-state index in [-0.39, 0.29) is 0 Å². The van der Waals surface area contributed by atoms with Crippen LogP contribution in [0.2, 0.25) is 0 Å². The highest BCUT2D eigenvalue weighted by molar-refractivity contribution is 5.31. The molecule has 2 unspecified atom stereocenters. The van der Waals surface area contributed by atoms with E-state index in [4.69, 9.17) is 0 Å².